The van der Waals surface area contributed by atoms with Crippen molar-refractivity contribution in [1.82, 2.24) is 4.90 Å². The van der Waals surface area contributed by atoms with Gasteiger partial charge in [-0.15, -0.1) is 11.3 Å². The average Bonchev–Trinajstić information content (AvgIpc) is 3.17. The molecule has 1 aromatic heterocycles. The van der Waals surface area contributed by atoms with E-state index in [0.717, 1.165) is 30.0 Å². The Morgan fingerprint density at radius 1 is 1.12 bits per heavy atom. The highest BCUT2D eigenvalue weighted by atomic mass is 32.1. The van der Waals surface area contributed by atoms with Gasteiger partial charge in [0.25, 0.3) is 0 Å². The number of Topliss-reactive ketones (excluding diaryl/α,β-unsaturated/α-hetero) is 1. The normalized spacial score (nSPS) is 17.3. The first-order chi connectivity index (χ1) is 12.2. The number of rotatable bonds is 7. The lowest BCUT2D eigenvalue weighted by Crippen LogP contribution is -2.44. The highest BCUT2D eigenvalue weighted by molar-refractivity contribution is 7.12. The maximum absolute atomic E-state index is 12.4. The van der Waals surface area contributed by atoms with Crippen LogP contribution in [0.1, 0.15) is 41.8 Å². The summed E-state index contributed by atoms with van der Waals surface area (Å²) in [5.74, 6) is 1.11. The van der Waals surface area contributed by atoms with Crippen molar-refractivity contribution < 1.29 is 14.3 Å². The van der Waals surface area contributed by atoms with Crippen molar-refractivity contribution >= 4 is 23.0 Å². The second-order valence-electron chi connectivity index (χ2n) is 6.29. The van der Waals surface area contributed by atoms with Crippen molar-refractivity contribution in [1.29, 1.82) is 0 Å². The maximum atomic E-state index is 12.4. The van der Waals surface area contributed by atoms with E-state index in [1.165, 1.54) is 11.3 Å². The Labute approximate surface area is 152 Å². The molecule has 0 bridgehead atoms. The molecular weight excluding hydrogens is 334 g/mol. The molecule has 2 heterocycles. The number of piperidine rings is 1. The van der Waals surface area contributed by atoms with Gasteiger partial charge >= 0.3 is 0 Å². The summed E-state index contributed by atoms with van der Waals surface area (Å²) in [6.07, 6.45) is 3.44. The van der Waals surface area contributed by atoms with Crippen LogP contribution in [0.15, 0.2) is 47.8 Å². The zero-order valence-electron chi connectivity index (χ0n) is 14.2. The monoisotopic (exact) mass is 357 g/mol. The van der Waals surface area contributed by atoms with Gasteiger partial charge in [0.15, 0.2) is 5.78 Å². The van der Waals surface area contributed by atoms with E-state index >= 15 is 0 Å². The van der Waals surface area contributed by atoms with Crippen LogP contribution in [-0.4, -0.2) is 35.8 Å². The Hall–Kier alpha value is -2.14. The Morgan fingerprint density at radius 2 is 1.96 bits per heavy atom. The topological polar surface area (TPSA) is 46.6 Å². The summed E-state index contributed by atoms with van der Waals surface area (Å²) < 4.78 is 5.98. The van der Waals surface area contributed by atoms with Gasteiger partial charge in [-0.25, -0.2) is 0 Å². The van der Waals surface area contributed by atoms with Gasteiger partial charge in [0.2, 0.25) is 5.91 Å². The van der Waals surface area contributed by atoms with Crippen molar-refractivity contribution in [2.45, 2.75) is 38.2 Å². The Balaban J connectivity index is 1.43. The zero-order valence-corrected chi connectivity index (χ0v) is 15.0. The first-order valence-electron chi connectivity index (χ1n) is 8.78. The van der Waals surface area contributed by atoms with Crippen LogP contribution in [0, 0.1) is 0 Å². The molecule has 1 atom stereocenters. The molecule has 1 unspecified atom stereocenters. The van der Waals surface area contributed by atoms with Crippen molar-refractivity contribution in [2.24, 2.45) is 0 Å². The number of hydrogen-bond acceptors (Lipinski definition) is 4. The summed E-state index contributed by atoms with van der Waals surface area (Å²) in [4.78, 5) is 27.1. The third-order valence-electron chi connectivity index (χ3n) is 4.37. The number of carbonyl (C=O) groups is 2. The van der Waals surface area contributed by atoms with E-state index in [9.17, 15) is 9.59 Å². The van der Waals surface area contributed by atoms with Crippen molar-refractivity contribution in [2.75, 3.05) is 13.1 Å². The molecule has 1 aromatic carbocycles. The SMILES string of the molecule is O=C(CCCC(=O)N1CCCC(Oc2ccccc2)C1)c1cccs1. The molecule has 3 rings (SSSR count). The third-order valence-corrected chi connectivity index (χ3v) is 5.28. The predicted molar refractivity (Wildman–Crippen MR) is 99.2 cm³/mol. The minimum atomic E-state index is 0.0489. The minimum absolute atomic E-state index is 0.0489. The molecule has 4 nitrogen and oxygen atoms in total. The highest BCUT2D eigenvalue weighted by Gasteiger charge is 2.24. The fourth-order valence-electron chi connectivity index (χ4n) is 3.07. The fraction of sp³-hybridized carbons (Fsp3) is 0.400. The lowest BCUT2D eigenvalue weighted by Gasteiger charge is -2.33. The molecule has 2 aromatic rings. The summed E-state index contributed by atoms with van der Waals surface area (Å²) in [5, 5.41) is 1.90. The van der Waals surface area contributed by atoms with E-state index < -0.39 is 0 Å². The van der Waals surface area contributed by atoms with E-state index in [1.54, 1.807) is 0 Å². The molecule has 0 N–H and O–H groups in total. The number of nitrogens with zero attached hydrogens (tertiary/aromatic N) is 1. The predicted octanol–water partition coefficient (Wildman–Crippen LogP) is 4.17. The summed E-state index contributed by atoms with van der Waals surface area (Å²) in [6.45, 7) is 1.42. The number of hydrogen-bond donors (Lipinski definition) is 0. The fourth-order valence-corrected chi connectivity index (χ4v) is 3.77. The Bertz CT molecular complexity index is 684. The van der Waals surface area contributed by atoms with Crippen LogP contribution in [0.25, 0.3) is 0 Å². The summed E-state index contributed by atoms with van der Waals surface area (Å²) >= 11 is 1.46. The van der Waals surface area contributed by atoms with Gasteiger partial charge in [-0.3, -0.25) is 9.59 Å². The quantitative estimate of drug-likeness (QED) is 0.699. The maximum Gasteiger partial charge on any atom is 0.222 e. The summed E-state index contributed by atoms with van der Waals surface area (Å²) in [7, 11) is 0. The number of ether oxygens (including phenoxy) is 1. The van der Waals surface area contributed by atoms with Gasteiger partial charge in [-0.2, -0.15) is 0 Å². The summed E-state index contributed by atoms with van der Waals surface area (Å²) in [5.41, 5.74) is 0. The number of para-hydroxylation sites is 1. The zero-order chi connectivity index (χ0) is 17.5. The number of amides is 1. The van der Waals surface area contributed by atoms with E-state index in [4.69, 9.17) is 4.74 Å². The van der Waals surface area contributed by atoms with Crippen molar-refractivity contribution in [3.05, 3.63) is 52.7 Å². The smallest absolute Gasteiger partial charge is 0.222 e. The second-order valence-corrected chi connectivity index (χ2v) is 7.24. The van der Waals surface area contributed by atoms with Gasteiger partial charge in [-0.05, 0) is 42.8 Å². The largest absolute Gasteiger partial charge is 0.489 e. The highest BCUT2D eigenvalue weighted by Crippen LogP contribution is 2.19. The standard InChI is InChI=1S/C20H23NO3S/c22-18(19-11-6-14-25-19)10-4-12-20(23)21-13-5-9-17(15-21)24-16-7-2-1-3-8-16/h1-3,6-8,11,14,17H,4-5,9-10,12-13,15H2. The molecule has 5 heteroatoms. The van der Waals surface area contributed by atoms with E-state index in [1.807, 2.05) is 52.7 Å². The molecule has 0 saturated carbocycles. The lowest BCUT2D eigenvalue weighted by atomic mass is 10.1. The second kappa shape index (κ2) is 8.81. The van der Waals surface area contributed by atoms with Crippen LogP contribution in [0.2, 0.25) is 0 Å². The number of benzene rings is 1. The Kier molecular flexibility index (Phi) is 6.23. The molecule has 1 amide bonds. The van der Waals surface area contributed by atoms with E-state index in [2.05, 4.69) is 0 Å². The van der Waals surface area contributed by atoms with Gasteiger partial charge in [-0.1, -0.05) is 24.3 Å². The van der Waals surface area contributed by atoms with E-state index in [-0.39, 0.29) is 17.8 Å². The number of ketones is 1. The number of thiophene rings is 1. The number of carbonyl (C=O) groups excluding carboxylic acids is 2. The molecule has 0 spiro atoms. The van der Waals surface area contributed by atoms with Crippen LogP contribution in [-0.2, 0) is 4.79 Å². The lowest BCUT2D eigenvalue weighted by molar-refractivity contribution is -0.133. The third kappa shape index (κ3) is 5.16. The van der Waals surface area contributed by atoms with Crippen molar-refractivity contribution in [3.63, 3.8) is 0 Å². The van der Waals surface area contributed by atoms with Crippen LogP contribution in [0.4, 0.5) is 0 Å². The molecular formula is C20H23NO3S. The molecule has 0 aliphatic carbocycles. The molecule has 1 saturated heterocycles. The van der Waals surface area contributed by atoms with Crippen LogP contribution >= 0.6 is 11.3 Å². The van der Waals surface area contributed by atoms with E-state index in [0.29, 0.717) is 25.8 Å². The van der Waals surface area contributed by atoms with Gasteiger partial charge in [0, 0.05) is 19.4 Å². The molecule has 1 fully saturated rings. The van der Waals surface area contributed by atoms with Crippen LogP contribution in [0.5, 0.6) is 5.75 Å². The molecule has 1 aliphatic heterocycles. The van der Waals surface area contributed by atoms with Gasteiger partial charge in [0.1, 0.15) is 11.9 Å². The van der Waals surface area contributed by atoms with Crippen LogP contribution < -0.4 is 4.74 Å². The van der Waals surface area contributed by atoms with Gasteiger partial charge < -0.3 is 9.64 Å². The molecule has 0 radical (unpaired) electrons. The first kappa shape index (κ1) is 17.7. The minimum Gasteiger partial charge on any atom is -0.489 e. The molecule has 25 heavy (non-hydrogen) atoms. The summed E-state index contributed by atoms with van der Waals surface area (Å²) in [6, 6.07) is 13.5. The Morgan fingerprint density at radius 3 is 2.72 bits per heavy atom. The molecule has 132 valence electrons. The average molecular weight is 357 g/mol. The van der Waals surface area contributed by atoms with Gasteiger partial charge in [0.05, 0.1) is 11.4 Å². The molecule has 1 aliphatic rings. The number of likely N-dealkylation sites (tertiary alicyclic amines) is 1. The van der Waals surface area contributed by atoms with Crippen LogP contribution in [0.3, 0.4) is 0 Å². The van der Waals surface area contributed by atoms with Crippen molar-refractivity contribution in [3.8, 4) is 5.75 Å². The first-order valence-corrected chi connectivity index (χ1v) is 9.66.